The monoisotopic (exact) mass is 437 g/mol. The lowest BCUT2D eigenvalue weighted by Crippen LogP contribution is -2.32. The lowest BCUT2D eigenvalue weighted by atomic mass is 10.2. The van der Waals surface area contributed by atoms with E-state index in [0.29, 0.717) is 23.9 Å². The number of benzene rings is 3. The molecule has 1 amide bonds. The Hall–Kier alpha value is -4.44. The number of carbonyl (C=O) groups is 1. The van der Waals surface area contributed by atoms with Gasteiger partial charge in [0.2, 0.25) is 5.82 Å². The molecule has 0 unspecified atom stereocenters. The molecule has 0 saturated heterocycles. The number of rotatable bonds is 8. The van der Waals surface area contributed by atoms with Gasteiger partial charge in [0.15, 0.2) is 5.82 Å². The number of ether oxygens (including phenoxy) is 1. The van der Waals surface area contributed by atoms with Crippen molar-refractivity contribution >= 4 is 11.6 Å². The average molecular weight is 438 g/mol. The van der Waals surface area contributed by atoms with Gasteiger partial charge in [0.1, 0.15) is 5.75 Å². The SMILES string of the molecule is CCOc1ccc(N(CCC#N)C(=O)c2nc(-c3ccccc3)n(-c3ccccc3)n2)cc1. The number of para-hydroxylation sites is 1. The van der Waals surface area contributed by atoms with Gasteiger partial charge in [0.25, 0.3) is 5.91 Å². The Morgan fingerprint density at radius 3 is 2.30 bits per heavy atom. The van der Waals surface area contributed by atoms with Gasteiger partial charge in [-0.1, -0.05) is 48.5 Å². The van der Waals surface area contributed by atoms with Crippen LogP contribution >= 0.6 is 0 Å². The Labute approximate surface area is 192 Å². The maximum atomic E-state index is 13.5. The van der Waals surface area contributed by atoms with Crippen LogP contribution in [0.3, 0.4) is 0 Å². The molecule has 0 spiro atoms. The van der Waals surface area contributed by atoms with E-state index in [1.807, 2.05) is 67.6 Å². The predicted molar refractivity (Wildman–Crippen MR) is 126 cm³/mol. The summed E-state index contributed by atoms with van der Waals surface area (Å²) in [6.45, 7) is 2.69. The van der Waals surface area contributed by atoms with E-state index in [9.17, 15) is 4.79 Å². The number of aromatic nitrogens is 3. The third-order valence-corrected chi connectivity index (χ3v) is 4.98. The molecule has 0 aliphatic heterocycles. The van der Waals surface area contributed by atoms with Gasteiger partial charge in [-0.2, -0.15) is 5.26 Å². The van der Waals surface area contributed by atoms with E-state index in [0.717, 1.165) is 11.3 Å². The second-order valence-corrected chi connectivity index (χ2v) is 7.16. The molecule has 0 aliphatic rings. The first-order chi connectivity index (χ1) is 16.2. The fourth-order valence-electron chi connectivity index (χ4n) is 3.45. The fraction of sp³-hybridized carbons (Fsp3) is 0.154. The number of carbonyl (C=O) groups excluding carboxylic acids is 1. The highest BCUT2D eigenvalue weighted by molar-refractivity contribution is 6.03. The van der Waals surface area contributed by atoms with E-state index in [1.165, 1.54) is 4.90 Å². The highest BCUT2D eigenvalue weighted by Gasteiger charge is 2.24. The number of hydrogen-bond acceptors (Lipinski definition) is 5. The van der Waals surface area contributed by atoms with Crippen LogP contribution < -0.4 is 9.64 Å². The van der Waals surface area contributed by atoms with Gasteiger partial charge in [0.05, 0.1) is 24.8 Å². The summed E-state index contributed by atoms with van der Waals surface area (Å²) in [7, 11) is 0. The molecule has 0 saturated carbocycles. The summed E-state index contributed by atoms with van der Waals surface area (Å²) in [5.74, 6) is 0.967. The van der Waals surface area contributed by atoms with Crippen molar-refractivity contribution in [3.8, 4) is 28.9 Å². The Bertz CT molecular complexity index is 1190. The standard InChI is InChI=1S/C26H23N5O2/c1-2-33-23-16-14-21(15-17-23)30(19-9-18-27)26(32)24-28-25(20-10-5-3-6-11-20)31(29-24)22-12-7-4-8-13-22/h3-8,10-17H,2,9,19H2,1H3. The van der Waals surface area contributed by atoms with Crippen molar-refractivity contribution in [3.63, 3.8) is 0 Å². The van der Waals surface area contributed by atoms with Gasteiger partial charge in [-0.3, -0.25) is 4.79 Å². The summed E-state index contributed by atoms with van der Waals surface area (Å²) in [5.41, 5.74) is 2.29. The number of hydrogen-bond donors (Lipinski definition) is 0. The summed E-state index contributed by atoms with van der Waals surface area (Å²) in [5, 5.41) is 13.7. The molecule has 7 nitrogen and oxygen atoms in total. The molecule has 0 radical (unpaired) electrons. The lowest BCUT2D eigenvalue weighted by molar-refractivity contribution is 0.0977. The molecule has 164 valence electrons. The van der Waals surface area contributed by atoms with E-state index in [-0.39, 0.29) is 24.7 Å². The first-order valence-corrected chi connectivity index (χ1v) is 10.7. The van der Waals surface area contributed by atoms with Crippen LogP contribution in [0.15, 0.2) is 84.9 Å². The number of anilines is 1. The third-order valence-electron chi connectivity index (χ3n) is 4.98. The van der Waals surface area contributed by atoms with Crippen molar-refractivity contribution in [1.29, 1.82) is 5.26 Å². The molecule has 0 fully saturated rings. The molecule has 4 aromatic rings. The van der Waals surface area contributed by atoms with Crippen LogP contribution in [0.5, 0.6) is 5.75 Å². The van der Waals surface area contributed by atoms with Crippen molar-refractivity contribution in [2.75, 3.05) is 18.1 Å². The molecule has 0 N–H and O–H groups in total. The van der Waals surface area contributed by atoms with E-state index in [4.69, 9.17) is 10.00 Å². The zero-order valence-electron chi connectivity index (χ0n) is 18.3. The third kappa shape index (κ3) is 4.91. The number of nitrogens with zero attached hydrogens (tertiary/aromatic N) is 5. The van der Waals surface area contributed by atoms with Crippen molar-refractivity contribution < 1.29 is 9.53 Å². The highest BCUT2D eigenvalue weighted by atomic mass is 16.5. The van der Waals surface area contributed by atoms with Crippen LogP contribution in [0.25, 0.3) is 17.1 Å². The quantitative estimate of drug-likeness (QED) is 0.392. The first-order valence-electron chi connectivity index (χ1n) is 10.7. The van der Waals surface area contributed by atoms with Gasteiger partial charge < -0.3 is 9.64 Å². The Kier molecular flexibility index (Phi) is 6.76. The molecular weight excluding hydrogens is 414 g/mol. The largest absolute Gasteiger partial charge is 0.494 e. The maximum absolute atomic E-state index is 13.5. The molecule has 1 heterocycles. The first kappa shape index (κ1) is 21.8. The molecule has 7 heteroatoms. The minimum Gasteiger partial charge on any atom is -0.494 e. The predicted octanol–water partition coefficient (Wildman–Crippen LogP) is 4.89. The normalized spacial score (nSPS) is 10.4. The average Bonchev–Trinajstić information content (AvgIpc) is 3.32. The van der Waals surface area contributed by atoms with Crippen LogP contribution in [0.4, 0.5) is 5.69 Å². The summed E-state index contributed by atoms with van der Waals surface area (Å²) >= 11 is 0. The molecule has 33 heavy (non-hydrogen) atoms. The summed E-state index contributed by atoms with van der Waals surface area (Å²) in [6, 6.07) is 28.5. The molecular formula is C26H23N5O2. The summed E-state index contributed by atoms with van der Waals surface area (Å²) < 4.78 is 7.17. The maximum Gasteiger partial charge on any atom is 0.297 e. The highest BCUT2D eigenvalue weighted by Crippen LogP contribution is 2.24. The zero-order valence-corrected chi connectivity index (χ0v) is 18.3. The zero-order chi connectivity index (χ0) is 23.0. The fourth-order valence-corrected chi connectivity index (χ4v) is 3.45. The van der Waals surface area contributed by atoms with E-state index >= 15 is 0 Å². The van der Waals surface area contributed by atoms with Crippen molar-refractivity contribution in [2.24, 2.45) is 0 Å². The van der Waals surface area contributed by atoms with Gasteiger partial charge in [0, 0.05) is 17.8 Å². The topological polar surface area (TPSA) is 84.0 Å². The van der Waals surface area contributed by atoms with Crippen LogP contribution in [0.2, 0.25) is 0 Å². The van der Waals surface area contributed by atoms with Crippen molar-refractivity contribution in [2.45, 2.75) is 13.3 Å². The minimum absolute atomic E-state index is 0.0598. The van der Waals surface area contributed by atoms with Crippen LogP contribution in [-0.4, -0.2) is 33.8 Å². The molecule has 3 aromatic carbocycles. The second-order valence-electron chi connectivity index (χ2n) is 7.16. The summed E-state index contributed by atoms with van der Waals surface area (Å²) in [4.78, 5) is 19.7. The van der Waals surface area contributed by atoms with Crippen LogP contribution in [0.1, 0.15) is 24.0 Å². The van der Waals surface area contributed by atoms with E-state index in [2.05, 4.69) is 16.2 Å². The molecule has 0 aliphatic carbocycles. The summed E-state index contributed by atoms with van der Waals surface area (Å²) in [6.07, 6.45) is 0.184. The molecule has 1 aromatic heterocycles. The molecule has 0 bridgehead atoms. The van der Waals surface area contributed by atoms with Gasteiger partial charge in [-0.15, -0.1) is 5.10 Å². The number of amides is 1. The Morgan fingerprint density at radius 1 is 1.00 bits per heavy atom. The van der Waals surface area contributed by atoms with Crippen molar-refractivity contribution in [3.05, 3.63) is 90.8 Å². The van der Waals surface area contributed by atoms with E-state index < -0.39 is 0 Å². The van der Waals surface area contributed by atoms with E-state index in [1.54, 1.807) is 28.9 Å². The minimum atomic E-state index is -0.374. The second kappa shape index (κ2) is 10.2. The lowest BCUT2D eigenvalue weighted by Gasteiger charge is -2.20. The van der Waals surface area contributed by atoms with Crippen LogP contribution in [0, 0.1) is 11.3 Å². The number of nitriles is 1. The molecule has 0 atom stereocenters. The van der Waals surface area contributed by atoms with Gasteiger partial charge >= 0.3 is 0 Å². The smallest absolute Gasteiger partial charge is 0.297 e. The van der Waals surface area contributed by atoms with Crippen molar-refractivity contribution in [1.82, 2.24) is 14.8 Å². The molecule has 4 rings (SSSR count). The van der Waals surface area contributed by atoms with Gasteiger partial charge in [-0.25, -0.2) is 9.67 Å². The van der Waals surface area contributed by atoms with Gasteiger partial charge in [-0.05, 0) is 43.3 Å². The van der Waals surface area contributed by atoms with Crippen LogP contribution in [-0.2, 0) is 0 Å². The Balaban J connectivity index is 1.75. The Morgan fingerprint density at radius 2 is 1.67 bits per heavy atom.